The number of aromatic nitrogens is 5. The van der Waals surface area contributed by atoms with E-state index in [4.69, 9.17) is 0 Å². The van der Waals surface area contributed by atoms with E-state index in [1.54, 1.807) is 17.0 Å². The molecule has 0 bridgehead atoms. The summed E-state index contributed by atoms with van der Waals surface area (Å²) in [6, 6.07) is 9.32. The summed E-state index contributed by atoms with van der Waals surface area (Å²) >= 11 is 0. The minimum Gasteiger partial charge on any atom is -0.345 e. The zero-order valence-corrected chi connectivity index (χ0v) is 16.0. The van der Waals surface area contributed by atoms with E-state index in [1.807, 2.05) is 35.7 Å². The van der Waals surface area contributed by atoms with Gasteiger partial charge in [-0.1, -0.05) is 6.07 Å². The molecule has 0 spiro atoms. The third-order valence-electron chi connectivity index (χ3n) is 5.59. The van der Waals surface area contributed by atoms with Crippen molar-refractivity contribution >= 4 is 22.6 Å². The first-order valence-electron chi connectivity index (χ1n) is 9.70. The second-order valence-electron chi connectivity index (χ2n) is 7.43. The molecule has 1 saturated heterocycles. The Kier molecular flexibility index (Phi) is 4.12. The molecule has 29 heavy (non-hydrogen) atoms. The van der Waals surface area contributed by atoms with Gasteiger partial charge in [0.25, 0.3) is 5.91 Å². The maximum absolute atomic E-state index is 13.0. The second kappa shape index (κ2) is 6.80. The first-order valence-corrected chi connectivity index (χ1v) is 9.70. The van der Waals surface area contributed by atoms with Gasteiger partial charge >= 0.3 is 0 Å². The Balaban J connectivity index is 1.36. The molecule has 5 heterocycles. The van der Waals surface area contributed by atoms with Crippen LogP contribution in [0.2, 0.25) is 0 Å². The zero-order valence-electron chi connectivity index (χ0n) is 16.0. The van der Waals surface area contributed by atoms with E-state index in [1.165, 1.54) is 6.20 Å². The third-order valence-corrected chi connectivity index (χ3v) is 5.59. The van der Waals surface area contributed by atoms with E-state index in [0.717, 1.165) is 30.0 Å². The minimum absolute atomic E-state index is 0.162. The van der Waals surface area contributed by atoms with Crippen LogP contribution in [0, 0.1) is 6.92 Å². The van der Waals surface area contributed by atoms with Crippen molar-refractivity contribution in [3.63, 3.8) is 0 Å². The number of amides is 1. The molecule has 4 aromatic rings. The number of pyridine rings is 3. The number of nitrogens with one attached hydrogen (secondary N) is 1. The van der Waals surface area contributed by atoms with Crippen LogP contribution in [-0.4, -0.2) is 48.5 Å². The molecular weight excluding hydrogens is 368 g/mol. The Morgan fingerprint density at radius 1 is 1.14 bits per heavy atom. The molecule has 0 unspecified atom stereocenters. The second-order valence-corrected chi connectivity index (χ2v) is 7.43. The molecule has 1 amide bonds. The van der Waals surface area contributed by atoms with Gasteiger partial charge < -0.3 is 9.88 Å². The number of aromatic amines is 1. The smallest absolute Gasteiger partial charge is 0.259 e. The fraction of sp³-hybridized carbons (Fsp3) is 0.286. The molecule has 0 saturated carbocycles. The number of fused-ring (bicyclic) bond motifs is 2. The Morgan fingerprint density at radius 2 is 1.97 bits per heavy atom. The number of nitrogens with zero attached hydrogens (tertiary/aromatic N) is 5. The summed E-state index contributed by atoms with van der Waals surface area (Å²) in [5.74, 6) is 0.925. The predicted octanol–water partition coefficient (Wildman–Crippen LogP) is 2.29. The normalized spacial score (nSPS) is 15.3. The lowest BCUT2D eigenvalue weighted by atomic mass is 9.95. The lowest BCUT2D eigenvalue weighted by molar-refractivity contribution is 0.0709. The van der Waals surface area contributed by atoms with Gasteiger partial charge in [0.1, 0.15) is 17.0 Å². The monoisotopic (exact) mass is 388 g/mol. The molecule has 146 valence electrons. The van der Waals surface area contributed by atoms with Crippen molar-refractivity contribution < 1.29 is 4.79 Å². The number of aryl methyl sites for hydroxylation is 1. The highest BCUT2D eigenvalue weighted by molar-refractivity contribution is 5.96. The first-order chi connectivity index (χ1) is 14.1. The molecule has 0 atom stereocenters. The van der Waals surface area contributed by atoms with Crippen LogP contribution in [0.5, 0.6) is 0 Å². The molecule has 1 fully saturated rings. The molecule has 8 heteroatoms. The summed E-state index contributed by atoms with van der Waals surface area (Å²) < 4.78 is 2.01. The molecule has 4 aromatic heterocycles. The van der Waals surface area contributed by atoms with E-state index in [-0.39, 0.29) is 22.8 Å². The largest absolute Gasteiger partial charge is 0.345 e. The third kappa shape index (κ3) is 2.97. The number of carbonyl (C=O) groups is 1. The quantitative estimate of drug-likeness (QED) is 0.568. The maximum atomic E-state index is 13.0. The summed E-state index contributed by atoms with van der Waals surface area (Å²) in [4.78, 5) is 34.8. The average molecular weight is 388 g/mol. The van der Waals surface area contributed by atoms with Gasteiger partial charge in [-0.2, -0.15) is 0 Å². The highest BCUT2D eigenvalue weighted by Crippen LogP contribution is 2.27. The fourth-order valence-electron chi connectivity index (χ4n) is 4.01. The topological polar surface area (TPSA) is 96.3 Å². The number of rotatable bonds is 2. The predicted molar refractivity (Wildman–Crippen MR) is 108 cm³/mol. The highest BCUT2D eigenvalue weighted by atomic mass is 16.2. The van der Waals surface area contributed by atoms with E-state index < -0.39 is 0 Å². The van der Waals surface area contributed by atoms with Gasteiger partial charge in [-0.25, -0.2) is 4.98 Å². The molecule has 8 nitrogen and oxygen atoms in total. The van der Waals surface area contributed by atoms with Crippen LogP contribution < -0.4 is 5.43 Å². The fourth-order valence-corrected chi connectivity index (χ4v) is 4.01. The van der Waals surface area contributed by atoms with Crippen molar-refractivity contribution in [3.8, 4) is 0 Å². The lowest BCUT2D eigenvalue weighted by Gasteiger charge is -2.31. The number of carbonyl (C=O) groups excluding carboxylic acids is 1. The molecule has 1 N–H and O–H groups in total. The molecular formula is C21H20N6O2. The van der Waals surface area contributed by atoms with E-state index in [2.05, 4.69) is 20.2 Å². The van der Waals surface area contributed by atoms with Gasteiger partial charge in [-0.05, 0) is 44.0 Å². The molecule has 1 aliphatic rings. The lowest BCUT2D eigenvalue weighted by Crippen LogP contribution is -2.40. The number of hydrogen-bond acceptors (Lipinski definition) is 5. The summed E-state index contributed by atoms with van der Waals surface area (Å²) in [6.45, 7) is 3.02. The molecule has 5 rings (SSSR count). The van der Waals surface area contributed by atoms with Gasteiger partial charge in [0, 0.05) is 37.1 Å². The highest BCUT2D eigenvalue weighted by Gasteiger charge is 2.28. The summed E-state index contributed by atoms with van der Waals surface area (Å²) in [5, 5.41) is 9.01. The van der Waals surface area contributed by atoms with Crippen molar-refractivity contribution in [2.24, 2.45) is 0 Å². The zero-order chi connectivity index (χ0) is 20.0. The van der Waals surface area contributed by atoms with Crippen LogP contribution in [0.1, 0.15) is 40.6 Å². The molecule has 1 aliphatic heterocycles. The van der Waals surface area contributed by atoms with Crippen LogP contribution in [0.15, 0.2) is 47.5 Å². The number of piperidine rings is 1. The van der Waals surface area contributed by atoms with Crippen molar-refractivity contribution in [2.45, 2.75) is 25.7 Å². The van der Waals surface area contributed by atoms with Gasteiger partial charge in [0.15, 0.2) is 5.65 Å². The Labute approximate surface area is 166 Å². The van der Waals surface area contributed by atoms with Crippen molar-refractivity contribution in [3.05, 3.63) is 70.0 Å². The van der Waals surface area contributed by atoms with Crippen molar-refractivity contribution in [1.29, 1.82) is 0 Å². The van der Waals surface area contributed by atoms with E-state index >= 15 is 0 Å². The Bertz CT molecular complexity index is 1280. The van der Waals surface area contributed by atoms with Gasteiger partial charge in [-0.3, -0.25) is 14.0 Å². The number of H-pyrrole nitrogens is 1. The molecule has 0 aromatic carbocycles. The van der Waals surface area contributed by atoms with Crippen molar-refractivity contribution in [2.75, 3.05) is 13.1 Å². The van der Waals surface area contributed by atoms with Gasteiger partial charge in [0.2, 0.25) is 5.43 Å². The van der Waals surface area contributed by atoms with Crippen LogP contribution in [0.4, 0.5) is 0 Å². The first kappa shape index (κ1) is 17.5. The average Bonchev–Trinajstić information content (AvgIpc) is 3.18. The summed E-state index contributed by atoms with van der Waals surface area (Å²) in [5.41, 5.74) is 2.03. The Morgan fingerprint density at radius 3 is 2.79 bits per heavy atom. The number of likely N-dealkylation sites (tertiary alicyclic amines) is 1. The van der Waals surface area contributed by atoms with Crippen molar-refractivity contribution in [1.82, 2.24) is 29.5 Å². The standard InChI is InChI=1S/C21H20N6O2/c1-13-5-6-15-18(28)16(12-22-19(15)23-13)21(29)26-10-7-14(8-11-26)20-25-24-17-4-2-3-9-27(17)20/h2-6,9,12,14H,7-8,10-11H2,1H3,(H,22,23,28). The minimum atomic E-state index is -0.276. The van der Waals surface area contributed by atoms with Crippen LogP contribution in [0.25, 0.3) is 16.7 Å². The van der Waals surface area contributed by atoms with Crippen LogP contribution in [0.3, 0.4) is 0 Å². The SMILES string of the molecule is Cc1ccc2c(=O)c(C(=O)N3CCC(c4nnc5ccccn45)CC3)c[nH]c2n1. The summed E-state index contributed by atoms with van der Waals surface area (Å²) in [7, 11) is 0. The Hall–Kier alpha value is -3.55. The number of hydrogen-bond donors (Lipinski definition) is 1. The van der Waals surface area contributed by atoms with Gasteiger partial charge in [-0.15, -0.1) is 10.2 Å². The molecule has 0 radical (unpaired) electrons. The van der Waals surface area contributed by atoms with E-state index in [9.17, 15) is 9.59 Å². The van der Waals surface area contributed by atoms with Gasteiger partial charge in [0.05, 0.1) is 5.39 Å². The van der Waals surface area contributed by atoms with Crippen LogP contribution >= 0.6 is 0 Å². The van der Waals surface area contributed by atoms with E-state index in [0.29, 0.717) is 24.1 Å². The summed E-state index contributed by atoms with van der Waals surface area (Å²) in [6.07, 6.45) is 5.02. The maximum Gasteiger partial charge on any atom is 0.259 e. The molecule has 0 aliphatic carbocycles. The van der Waals surface area contributed by atoms with Crippen LogP contribution in [-0.2, 0) is 0 Å².